The topological polar surface area (TPSA) is 71.2 Å². The summed E-state index contributed by atoms with van der Waals surface area (Å²) in [6.45, 7) is 5.83. The molecule has 4 heterocycles. The zero-order valence-electron chi connectivity index (χ0n) is 15.4. The lowest BCUT2D eigenvalue weighted by Crippen LogP contribution is -2.44. The predicted molar refractivity (Wildman–Crippen MR) is 105 cm³/mol. The first kappa shape index (κ1) is 16.1. The summed E-state index contributed by atoms with van der Waals surface area (Å²) < 4.78 is 5.56. The number of anilines is 1. The highest BCUT2D eigenvalue weighted by Crippen LogP contribution is 2.25. The summed E-state index contributed by atoms with van der Waals surface area (Å²) in [6.07, 6.45) is 1.85. The molecule has 5 rings (SSSR count). The average molecular weight is 360 g/mol. The van der Waals surface area contributed by atoms with Gasteiger partial charge in [-0.1, -0.05) is 0 Å². The second-order valence-electron chi connectivity index (χ2n) is 6.97. The first-order valence-corrected chi connectivity index (χ1v) is 9.10. The number of rotatable bonds is 2. The Kier molecular flexibility index (Phi) is 3.75. The molecule has 0 aliphatic carbocycles. The normalized spacial score (nSPS) is 15.7. The number of benzene rings is 1. The van der Waals surface area contributed by atoms with E-state index in [9.17, 15) is 0 Å². The lowest BCUT2D eigenvalue weighted by molar-refractivity contribution is 0.312. The maximum absolute atomic E-state index is 5.56. The van der Waals surface area contributed by atoms with Crippen LogP contribution in [0.15, 0.2) is 40.9 Å². The van der Waals surface area contributed by atoms with E-state index >= 15 is 0 Å². The molecule has 0 bridgehead atoms. The number of fused-ring (bicyclic) bond motifs is 2. The molecule has 0 atom stereocenters. The van der Waals surface area contributed by atoms with Crippen LogP contribution in [0.4, 0.5) is 5.82 Å². The highest BCUT2D eigenvalue weighted by molar-refractivity contribution is 5.81. The number of aromatic nitrogens is 4. The molecule has 1 aromatic carbocycles. The molecule has 0 radical (unpaired) electrons. The maximum atomic E-state index is 5.56. The van der Waals surface area contributed by atoms with E-state index in [0.29, 0.717) is 11.5 Å². The molecule has 0 unspecified atom stereocenters. The van der Waals surface area contributed by atoms with Crippen molar-refractivity contribution in [3.8, 4) is 11.3 Å². The summed E-state index contributed by atoms with van der Waals surface area (Å²) in [5, 5.41) is 0. The van der Waals surface area contributed by atoms with Crippen LogP contribution in [0, 0.1) is 6.92 Å². The minimum atomic E-state index is 0.663. The first-order chi connectivity index (χ1) is 13.2. The summed E-state index contributed by atoms with van der Waals surface area (Å²) in [7, 11) is 2.14. The van der Waals surface area contributed by atoms with Crippen LogP contribution in [0.5, 0.6) is 0 Å². The van der Waals surface area contributed by atoms with Crippen LogP contribution < -0.4 is 4.90 Å². The molecule has 1 saturated heterocycles. The molecule has 0 N–H and O–H groups in total. The van der Waals surface area contributed by atoms with Crippen LogP contribution in [0.3, 0.4) is 0 Å². The smallest absolute Gasteiger partial charge is 0.192 e. The Balaban J connectivity index is 1.52. The van der Waals surface area contributed by atoms with Gasteiger partial charge >= 0.3 is 0 Å². The quantitative estimate of drug-likeness (QED) is 0.544. The Morgan fingerprint density at radius 2 is 1.78 bits per heavy atom. The molecule has 3 aromatic heterocycles. The summed E-state index contributed by atoms with van der Waals surface area (Å²) >= 11 is 0. The molecule has 136 valence electrons. The van der Waals surface area contributed by atoms with Gasteiger partial charge in [0.05, 0.1) is 11.9 Å². The summed E-state index contributed by atoms with van der Waals surface area (Å²) in [6, 6.07) is 9.87. The van der Waals surface area contributed by atoms with Crippen LogP contribution in [0.2, 0.25) is 0 Å². The van der Waals surface area contributed by atoms with Gasteiger partial charge in [-0.2, -0.15) is 0 Å². The fourth-order valence-electron chi connectivity index (χ4n) is 3.44. The number of aryl methyl sites for hydroxylation is 1. The number of pyridine rings is 1. The van der Waals surface area contributed by atoms with Crippen LogP contribution >= 0.6 is 0 Å². The third-order valence-electron chi connectivity index (χ3n) is 5.01. The average Bonchev–Trinajstić information content (AvgIpc) is 3.07. The van der Waals surface area contributed by atoms with E-state index in [2.05, 4.69) is 26.8 Å². The van der Waals surface area contributed by atoms with Gasteiger partial charge in [0.15, 0.2) is 17.1 Å². The second-order valence-corrected chi connectivity index (χ2v) is 6.97. The molecule has 4 aromatic rings. The zero-order valence-corrected chi connectivity index (χ0v) is 15.4. The first-order valence-electron chi connectivity index (χ1n) is 9.10. The Morgan fingerprint density at radius 1 is 0.926 bits per heavy atom. The Morgan fingerprint density at radius 3 is 2.63 bits per heavy atom. The van der Waals surface area contributed by atoms with Gasteiger partial charge in [0, 0.05) is 38.7 Å². The van der Waals surface area contributed by atoms with Crippen molar-refractivity contribution < 1.29 is 4.42 Å². The van der Waals surface area contributed by atoms with Crippen molar-refractivity contribution in [1.29, 1.82) is 0 Å². The van der Waals surface area contributed by atoms with Crippen LogP contribution in [-0.2, 0) is 0 Å². The van der Waals surface area contributed by atoms with E-state index in [4.69, 9.17) is 14.4 Å². The molecule has 0 spiro atoms. The number of hydrogen-bond donors (Lipinski definition) is 0. The maximum Gasteiger partial charge on any atom is 0.192 e. The van der Waals surface area contributed by atoms with Crippen molar-refractivity contribution >= 4 is 28.1 Å². The largest absolute Gasteiger partial charge is 0.441 e. The van der Waals surface area contributed by atoms with Gasteiger partial charge in [-0.3, -0.25) is 0 Å². The molecule has 0 amide bonds. The zero-order chi connectivity index (χ0) is 18.4. The van der Waals surface area contributed by atoms with Gasteiger partial charge in [0.1, 0.15) is 16.9 Å². The van der Waals surface area contributed by atoms with Crippen molar-refractivity contribution in [3.05, 3.63) is 42.4 Å². The van der Waals surface area contributed by atoms with E-state index in [0.717, 1.165) is 59.9 Å². The SMILES string of the molecule is Cc1nc2cc(-c3ccc4ncc(N5CCN(C)CC5)nc4n3)ccc2o1. The molecule has 7 heteroatoms. The Bertz CT molecular complexity index is 1130. The van der Waals surface area contributed by atoms with Gasteiger partial charge in [-0.05, 0) is 37.4 Å². The van der Waals surface area contributed by atoms with Gasteiger partial charge in [0.25, 0.3) is 0 Å². The predicted octanol–water partition coefficient (Wildman–Crippen LogP) is 2.89. The van der Waals surface area contributed by atoms with Crippen LogP contribution in [0.1, 0.15) is 5.89 Å². The summed E-state index contributed by atoms with van der Waals surface area (Å²) in [5.41, 5.74) is 4.94. The fourth-order valence-corrected chi connectivity index (χ4v) is 3.44. The van der Waals surface area contributed by atoms with Crippen molar-refractivity contribution in [2.45, 2.75) is 6.92 Å². The van der Waals surface area contributed by atoms with Crippen molar-refractivity contribution in [1.82, 2.24) is 24.8 Å². The molecule has 27 heavy (non-hydrogen) atoms. The Labute approximate surface area is 156 Å². The van der Waals surface area contributed by atoms with Crippen LogP contribution in [0.25, 0.3) is 33.5 Å². The third-order valence-corrected chi connectivity index (χ3v) is 5.01. The van der Waals surface area contributed by atoms with Crippen molar-refractivity contribution in [2.75, 3.05) is 38.1 Å². The molecule has 1 fully saturated rings. The fraction of sp³-hybridized carbons (Fsp3) is 0.300. The lowest BCUT2D eigenvalue weighted by Gasteiger charge is -2.32. The monoisotopic (exact) mass is 360 g/mol. The lowest BCUT2D eigenvalue weighted by atomic mass is 10.1. The van der Waals surface area contributed by atoms with Crippen molar-refractivity contribution in [2.24, 2.45) is 0 Å². The number of piperazine rings is 1. The second kappa shape index (κ2) is 6.28. The summed E-state index contributed by atoms with van der Waals surface area (Å²) in [4.78, 5) is 23.1. The van der Waals surface area contributed by atoms with E-state index in [1.807, 2.05) is 43.5 Å². The van der Waals surface area contributed by atoms with Gasteiger partial charge in [0.2, 0.25) is 0 Å². The number of hydrogen-bond acceptors (Lipinski definition) is 7. The Hall–Kier alpha value is -3.06. The van der Waals surface area contributed by atoms with E-state index < -0.39 is 0 Å². The number of likely N-dealkylation sites (N-methyl/N-ethyl adjacent to an activating group) is 1. The van der Waals surface area contributed by atoms with Gasteiger partial charge in [-0.25, -0.2) is 19.9 Å². The van der Waals surface area contributed by atoms with E-state index in [1.165, 1.54) is 0 Å². The number of oxazole rings is 1. The molecule has 0 saturated carbocycles. The molecule has 1 aliphatic rings. The molecular weight excluding hydrogens is 340 g/mol. The number of nitrogens with zero attached hydrogens (tertiary/aromatic N) is 6. The molecule has 7 nitrogen and oxygen atoms in total. The van der Waals surface area contributed by atoms with Crippen LogP contribution in [-0.4, -0.2) is 58.1 Å². The van der Waals surface area contributed by atoms with Crippen molar-refractivity contribution in [3.63, 3.8) is 0 Å². The highest BCUT2D eigenvalue weighted by Gasteiger charge is 2.16. The molecular formula is C20H20N6O. The van der Waals surface area contributed by atoms with Gasteiger partial charge < -0.3 is 14.2 Å². The summed E-state index contributed by atoms with van der Waals surface area (Å²) in [5.74, 6) is 1.55. The molecule has 1 aliphatic heterocycles. The van der Waals surface area contributed by atoms with E-state index in [-0.39, 0.29) is 0 Å². The van der Waals surface area contributed by atoms with Gasteiger partial charge in [-0.15, -0.1) is 0 Å². The van der Waals surface area contributed by atoms with E-state index in [1.54, 1.807) is 0 Å². The highest BCUT2D eigenvalue weighted by atomic mass is 16.3. The standard InChI is InChI=1S/C20H20N6O/c1-13-22-17-11-14(3-6-18(17)27-13)15-4-5-16-20(23-15)24-19(12-21-16)26-9-7-25(2)8-10-26/h3-6,11-12H,7-10H2,1-2H3. The third kappa shape index (κ3) is 3.00. The minimum Gasteiger partial charge on any atom is -0.441 e. The minimum absolute atomic E-state index is 0.663.